The standard InChI is InChI=1S/C21H29N3O2S/c1-16(14-21(25)23-17-7-9-18(26-2)10-8-17)22-15-19(20-6-5-13-27-20)24-11-3-4-12-24/h5-10,13,16,19,22H,3-4,11-12,14-15H2,1-2H3,(H,23,25)/t16-,19-/m0/s1. The maximum atomic E-state index is 12.3. The number of hydrogen-bond donors (Lipinski definition) is 2. The minimum absolute atomic E-state index is 0.0222. The molecule has 146 valence electrons. The van der Waals surface area contributed by atoms with Crippen LogP contribution in [0.15, 0.2) is 41.8 Å². The van der Waals surface area contributed by atoms with Crippen LogP contribution in [0.25, 0.3) is 0 Å². The summed E-state index contributed by atoms with van der Waals surface area (Å²) in [5.74, 6) is 0.804. The molecule has 0 radical (unpaired) electrons. The minimum atomic E-state index is 0.0222. The molecule has 6 heteroatoms. The van der Waals surface area contributed by atoms with Crippen molar-refractivity contribution < 1.29 is 9.53 Å². The Morgan fingerprint density at radius 1 is 1.22 bits per heavy atom. The zero-order valence-corrected chi connectivity index (χ0v) is 16.9. The maximum Gasteiger partial charge on any atom is 0.225 e. The summed E-state index contributed by atoms with van der Waals surface area (Å²) in [6.45, 7) is 5.27. The van der Waals surface area contributed by atoms with Crippen molar-refractivity contribution in [3.05, 3.63) is 46.7 Å². The van der Waals surface area contributed by atoms with Crippen molar-refractivity contribution in [3.63, 3.8) is 0 Å². The molecule has 1 aliphatic heterocycles. The molecule has 1 aromatic heterocycles. The second-order valence-electron chi connectivity index (χ2n) is 7.06. The van der Waals surface area contributed by atoms with Gasteiger partial charge in [-0.3, -0.25) is 9.69 Å². The monoisotopic (exact) mass is 387 g/mol. The molecule has 0 unspecified atom stereocenters. The highest BCUT2D eigenvalue weighted by atomic mass is 32.1. The molecule has 1 aliphatic rings. The first kappa shape index (κ1) is 19.9. The molecule has 0 bridgehead atoms. The lowest BCUT2D eigenvalue weighted by atomic mass is 10.1. The number of thiophene rings is 1. The number of rotatable bonds is 9. The Labute approximate surface area is 165 Å². The van der Waals surface area contributed by atoms with Crippen LogP contribution in [0, 0.1) is 0 Å². The molecule has 1 saturated heterocycles. The number of nitrogens with one attached hydrogen (secondary N) is 2. The molecule has 1 amide bonds. The molecule has 2 atom stereocenters. The maximum absolute atomic E-state index is 12.3. The third-order valence-corrected chi connectivity index (χ3v) is 5.95. The quantitative estimate of drug-likeness (QED) is 0.685. The summed E-state index contributed by atoms with van der Waals surface area (Å²) >= 11 is 1.82. The van der Waals surface area contributed by atoms with Gasteiger partial charge in [-0.25, -0.2) is 0 Å². The van der Waals surface area contributed by atoms with Gasteiger partial charge in [-0.05, 0) is 68.6 Å². The predicted octanol–water partition coefficient (Wildman–Crippen LogP) is 3.90. The molecule has 27 heavy (non-hydrogen) atoms. The van der Waals surface area contributed by atoms with E-state index >= 15 is 0 Å². The first-order chi connectivity index (χ1) is 13.2. The van der Waals surface area contributed by atoms with E-state index in [2.05, 4.69) is 40.0 Å². The average molecular weight is 388 g/mol. The number of methoxy groups -OCH3 is 1. The van der Waals surface area contributed by atoms with Gasteiger partial charge in [0, 0.05) is 29.6 Å². The number of nitrogens with zero attached hydrogens (tertiary/aromatic N) is 1. The molecule has 2 N–H and O–H groups in total. The van der Waals surface area contributed by atoms with E-state index in [1.165, 1.54) is 17.7 Å². The Kier molecular flexibility index (Phi) is 7.26. The molecular weight excluding hydrogens is 358 g/mol. The second kappa shape index (κ2) is 9.88. The van der Waals surface area contributed by atoms with E-state index in [1.807, 2.05) is 35.6 Å². The molecule has 3 rings (SSSR count). The zero-order valence-electron chi connectivity index (χ0n) is 16.1. The molecule has 2 heterocycles. The fraction of sp³-hybridized carbons (Fsp3) is 0.476. The van der Waals surface area contributed by atoms with Crippen molar-refractivity contribution in [2.75, 3.05) is 32.1 Å². The van der Waals surface area contributed by atoms with Crippen molar-refractivity contribution in [1.82, 2.24) is 10.2 Å². The van der Waals surface area contributed by atoms with Gasteiger partial charge in [0.1, 0.15) is 5.75 Å². The number of amides is 1. The van der Waals surface area contributed by atoms with Crippen LogP contribution in [0.5, 0.6) is 5.75 Å². The van der Waals surface area contributed by atoms with Crippen LogP contribution in [0.3, 0.4) is 0 Å². The van der Waals surface area contributed by atoms with Gasteiger partial charge < -0.3 is 15.4 Å². The number of hydrogen-bond acceptors (Lipinski definition) is 5. The Morgan fingerprint density at radius 2 is 1.96 bits per heavy atom. The summed E-state index contributed by atoms with van der Waals surface area (Å²) < 4.78 is 5.14. The van der Waals surface area contributed by atoms with Crippen LogP contribution in [0.1, 0.15) is 37.1 Å². The summed E-state index contributed by atoms with van der Waals surface area (Å²) in [4.78, 5) is 16.3. The fourth-order valence-corrected chi connectivity index (χ4v) is 4.35. The van der Waals surface area contributed by atoms with Gasteiger partial charge in [-0.2, -0.15) is 0 Å². The normalized spacial score (nSPS) is 16.8. The topological polar surface area (TPSA) is 53.6 Å². The Bertz CT molecular complexity index is 697. The van der Waals surface area contributed by atoms with Crippen LogP contribution in [0.4, 0.5) is 5.69 Å². The minimum Gasteiger partial charge on any atom is -0.497 e. The molecular formula is C21H29N3O2S. The van der Waals surface area contributed by atoms with Crippen LogP contribution in [0.2, 0.25) is 0 Å². The van der Waals surface area contributed by atoms with E-state index in [9.17, 15) is 4.79 Å². The number of carbonyl (C=O) groups excluding carboxylic acids is 1. The average Bonchev–Trinajstić information content (AvgIpc) is 3.37. The highest BCUT2D eigenvalue weighted by molar-refractivity contribution is 7.10. The summed E-state index contributed by atoms with van der Waals surface area (Å²) in [6.07, 6.45) is 3.01. The van der Waals surface area contributed by atoms with Crippen molar-refractivity contribution in [3.8, 4) is 5.75 Å². The van der Waals surface area contributed by atoms with Gasteiger partial charge in [0.05, 0.1) is 13.2 Å². The fourth-order valence-electron chi connectivity index (χ4n) is 3.49. The van der Waals surface area contributed by atoms with Crippen LogP contribution in [-0.4, -0.2) is 43.6 Å². The van der Waals surface area contributed by atoms with Crippen LogP contribution >= 0.6 is 11.3 Å². The number of benzene rings is 1. The number of carbonyl (C=O) groups is 1. The largest absolute Gasteiger partial charge is 0.497 e. The van der Waals surface area contributed by atoms with E-state index in [0.29, 0.717) is 12.5 Å². The van der Waals surface area contributed by atoms with E-state index in [4.69, 9.17) is 4.74 Å². The van der Waals surface area contributed by atoms with E-state index in [1.54, 1.807) is 7.11 Å². The Balaban J connectivity index is 1.48. The molecule has 1 aromatic carbocycles. The summed E-state index contributed by atoms with van der Waals surface area (Å²) in [7, 11) is 1.63. The molecule has 0 spiro atoms. The third kappa shape index (κ3) is 5.79. The first-order valence-electron chi connectivity index (χ1n) is 9.60. The molecule has 0 aliphatic carbocycles. The lowest BCUT2D eigenvalue weighted by Crippen LogP contribution is -2.38. The van der Waals surface area contributed by atoms with Crippen LogP contribution < -0.4 is 15.4 Å². The molecule has 1 fully saturated rings. The number of anilines is 1. The van der Waals surface area contributed by atoms with E-state index in [0.717, 1.165) is 31.1 Å². The predicted molar refractivity (Wildman–Crippen MR) is 112 cm³/mol. The highest BCUT2D eigenvalue weighted by Gasteiger charge is 2.24. The van der Waals surface area contributed by atoms with Gasteiger partial charge >= 0.3 is 0 Å². The smallest absolute Gasteiger partial charge is 0.225 e. The molecule has 2 aromatic rings. The van der Waals surface area contributed by atoms with Gasteiger partial charge in [-0.15, -0.1) is 11.3 Å². The third-order valence-electron chi connectivity index (χ3n) is 4.98. The Hall–Kier alpha value is -1.89. The van der Waals surface area contributed by atoms with E-state index < -0.39 is 0 Å². The Morgan fingerprint density at radius 3 is 2.59 bits per heavy atom. The van der Waals surface area contributed by atoms with Gasteiger partial charge in [0.25, 0.3) is 0 Å². The number of likely N-dealkylation sites (tertiary alicyclic amines) is 1. The van der Waals surface area contributed by atoms with Gasteiger partial charge in [0.2, 0.25) is 5.91 Å². The molecule has 0 saturated carbocycles. The van der Waals surface area contributed by atoms with Gasteiger partial charge in [0.15, 0.2) is 0 Å². The first-order valence-corrected chi connectivity index (χ1v) is 10.5. The van der Waals surface area contributed by atoms with Crippen LogP contribution in [-0.2, 0) is 4.79 Å². The zero-order chi connectivity index (χ0) is 19.1. The summed E-state index contributed by atoms with van der Waals surface area (Å²) in [5.41, 5.74) is 0.793. The second-order valence-corrected chi connectivity index (χ2v) is 8.04. The lowest BCUT2D eigenvalue weighted by Gasteiger charge is -2.28. The van der Waals surface area contributed by atoms with E-state index in [-0.39, 0.29) is 11.9 Å². The SMILES string of the molecule is COc1ccc(NC(=O)C[C@H](C)NC[C@@H](c2cccs2)N2CCCC2)cc1. The van der Waals surface area contributed by atoms with Crippen molar-refractivity contribution >= 4 is 22.9 Å². The van der Waals surface area contributed by atoms with Crippen molar-refractivity contribution in [2.45, 2.75) is 38.3 Å². The van der Waals surface area contributed by atoms with Gasteiger partial charge in [-0.1, -0.05) is 6.07 Å². The summed E-state index contributed by atoms with van der Waals surface area (Å²) in [6, 6.07) is 12.3. The highest BCUT2D eigenvalue weighted by Crippen LogP contribution is 2.28. The summed E-state index contributed by atoms with van der Waals surface area (Å²) in [5, 5.41) is 8.66. The number of ether oxygens (including phenoxy) is 1. The van der Waals surface area contributed by atoms with Crippen molar-refractivity contribution in [2.24, 2.45) is 0 Å². The van der Waals surface area contributed by atoms with Crippen molar-refractivity contribution in [1.29, 1.82) is 0 Å². The lowest BCUT2D eigenvalue weighted by molar-refractivity contribution is -0.116. The molecule has 5 nitrogen and oxygen atoms in total.